The molecule has 0 aliphatic rings. The maximum atomic E-state index is 13.2. The molecular weight excluding hydrogens is 255 g/mol. The molecule has 0 saturated heterocycles. The van der Waals surface area contributed by atoms with Gasteiger partial charge in [0.2, 0.25) is 5.91 Å². The molecule has 0 saturated carbocycles. The van der Waals surface area contributed by atoms with Gasteiger partial charge in [-0.2, -0.15) is 0 Å². The number of nitrogens with one attached hydrogen (secondary N) is 1. The summed E-state index contributed by atoms with van der Waals surface area (Å²) < 4.78 is 13.2. The van der Waals surface area contributed by atoms with Gasteiger partial charge >= 0.3 is 0 Å². The van der Waals surface area contributed by atoms with E-state index in [9.17, 15) is 9.18 Å². The molecular formula is C16H17FN2O. The highest BCUT2D eigenvalue weighted by atomic mass is 19.1. The molecule has 2 aromatic carbocycles. The summed E-state index contributed by atoms with van der Waals surface area (Å²) in [6.45, 7) is 2.51. The van der Waals surface area contributed by atoms with Crippen LogP contribution in [-0.4, -0.2) is 5.91 Å². The second-order valence-electron chi connectivity index (χ2n) is 4.76. The predicted octanol–water partition coefficient (Wildman–Crippen LogP) is 2.77. The largest absolute Gasteiger partial charge is 0.381 e. The van der Waals surface area contributed by atoms with Crippen LogP contribution in [0.4, 0.5) is 10.1 Å². The van der Waals surface area contributed by atoms with Crippen molar-refractivity contribution < 1.29 is 9.18 Å². The monoisotopic (exact) mass is 272 g/mol. The molecule has 0 radical (unpaired) electrons. The van der Waals surface area contributed by atoms with Crippen molar-refractivity contribution in [2.45, 2.75) is 19.9 Å². The van der Waals surface area contributed by atoms with E-state index in [0.717, 1.165) is 22.4 Å². The number of nitrogens with two attached hydrogens (primary N) is 1. The zero-order chi connectivity index (χ0) is 14.5. The zero-order valence-electron chi connectivity index (χ0n) is 11.3. The van der Waals surface area contributed by atoms with Crippen LogP contribution in [0.2, 0.25) is 0 Å². The van der Waals surface area contributed by atoms with Gasteiger partial charge in [-0.05, 0) is 47.9 Å². The summed E-state index contributed by atoms with van der Waals surface area (Å²) in [7, 11) is 0. The topological polar surface area (TPSA) is 55.1 Å². The highest BCUT2D eigenvalue weighted by Crippen LogP contribution is 2.14. The molecule has 1 amide bonds. The van der Waals surface area contributed by atoms with Gasteiger partial charge in [0, 0.05) is 12.2 Å². The molecule has 0 aromatic heterocycles. The van der Waals surface area contributed by atoms with Crippen LogP contribution in [0.1, 0.15) is 16.7 Å². The van der Waals surface area contributed by atoms with Crippen molar-refractivity contribution >= 4 is 11.6 Å². The highest BCUT2D eigenvalue weighted by molar-refractivity contribution is 5.76. The fourth-order valence-corrected chi connectivity index (χ4v) is 1.97. The van der Waals surface area contributed by atoms with E-state index in [2.05, 4.69) is 5.32 Å². The number of benzene rings is 2. The van der Waals surface area contributed by atoms with Crippen molar-refractivity contribution in [2.75, 3.05) is 5.32 Å². The van der Waals surface area contributed by atoms with Crippen LogP contribution >= 0.6 is 0 Å². The van der Waals surface area contributed by atoms with Crippen molar-refractivity contribution in [1.29, 1.82) is 0 Å². The van der Waals surface area contributed by atoms with E-state index in [1.165, 1.54) is 12.1 Å². The number of primary amides is 1. The van der Waals surface area contributed by atoms with Crippen LogP contribution < -0.4 is 11.1 Å². The average molecular weight is 272 g/mol. The van der Waals surface area contributed by atoms with Gasteiger partial charge in [0.15, 0.2) is 0 Å². The van der Waals surface area contributed by atoms with Gasteiger partial charge in [-0.3, -0.25) is 4.79 Å². The van der Waals surface area contributed by atoms with Crippen LogP contribution in [0.25, 0.3) is 0 Å². The quantitative estimate of drug-likeness (QED) is 0.879. The molecule has 0 aliphatic carbocycles. The van der Waals surface area contributed by atoms with Crippen LogP contribution in [0.3, 0.4) is 0 Å². The molecule has 2 aromatic rings. The average Bonchev–Trinajstić information content (AvgIpc) is 2.41. The zero-order valence-corrected chi connectivity index (χ0v) is 11.3. The minimum absolute atomic E-state index is 0.232. The van der Waals surface area contributed by atoms with Crippen LogP contribution in [0.5, 0.6) is 0 Å². The van der Waals surface area contributed by atoms with E-state index in [-0.39, 0.29) is 18.1 Å². The van der Waals surface area contributed by atoms with Gasteiger partial charge < -0.3 is 11.1 Å². The molecule has 0 spiro atoms. The van der Waals surface area contributed by atoms with Gasteiger partial charge in [-0.25, -0.2) is 4.39 Å². The fourth-order valence-electron chi connectivity index (χ4n) is 1.97. The lowest BCUT2D eigenvalue weighted by Crippen LogP contribution is -2.13. The van der Waals surface area contributed by atoms with Gasteiger partial charge in [0.1, 0.15) is 5.82 Å². The number of halogens is 1. The third kappa shape index (κ3) is 3.82. The fraction of sp³-hybridized carbons (Fsp3) is 0.188. The Morgan fingerprint density at radius 2 is 1.90 bits per heavy atom. The van der Waals surface area contributed by atoms with Crippen molar-refractivity contribution in [2.24, 2.45) is 5.73 Å². The number of carbonyl (C=O) groups is 1. The summed E-state index contributed by atoms with van der Waals surface area (Å²) >= 11 is 0. The molecule has 0 atom stereocenters. The Hall–Kier alpha value is -2.36. The van der Waals surface area contributed by atoms with E-state index in [1.54, 1.807) is 6.07 Å². The third-order valence-electron chi connectivity index (χ3n) is 3.13. The summed E-state index contributed by atoms with van der Waals surface area (Å²) in [5.74, 6) is -0.578. The smallest absolute Gasteiger partial charge is 0.221 e. The molecule has 0 fully saturated rings. The number of amides is 1. The molecule has 4 heteroatoms. The first-order valence-electron chi connectivity index (χ1n) is 6.41. The van der Waals surface area contributed by atoms with Gasteiger partial charge in [-0.15, -0.1) is 0 Å². The first-order chi connectivity index (χ1) is 9.54. The maximum absolute atomic E-state index is 13.2. The van der Waals surface area contributed by atoms with Gasteiger partial charge in [0.25, 0.3) is 0 Å². The van der Waals surface area contributed by atoms with E-state index in [1.807, 2.05) is 31.2 Å². The first-order valence-corrected chi connectivity index (χ1v) is 6.41. The SMILES string of the molecule is Cc1ccc(F)cc1CNc1ccc(CC(N)=O)cc1. The molecule has 20 heavy (non-hydrogen) atoms. The number of rotatable bonds is 5. The lowest BCUT2D eigenvalue weighted by atomic mass is 10.1. The van der Waals surface area contributed by atoms with E-state index in [0.29, 0.717) is 6.54 Å². The number of carbonyl (C=O) groups excluding carboxylic acids is 1. The summed E-state index contributed by atoms with van der Waals surface area (Å²) in [6, 6.07) is 12.2. The highest BCUT2D eigenvalue weighted by Gasteiger charge is 2.02. The predicted molar refractivity (Wildman–Crippen MR) is 77.8 cm³/mol. The Bertz CT molecular complexity index is 608. The summed E-state index contributed by atoms with van der Waals surface area (Å²) in [6.07, 6.45) is 0.239. The van der Waals surface area contributed by atoms with Gasteiger partial charge in [0.05, 0.1) is 6.42 Å². The first kappa shape index (κ1) is 14.1. The number of aryl methyl sites for hydroxylation is 1. The maximum Gasteiger partial charge on any atom is 0.221 e. The summed E-state index contributed by atoms with van der Waals surface area (Å²) in [5, 5.41) is 3.23. The lowest BCUT2D eigenvalue weighted by molar-refractivity contribution is -0.117. The Balaban J connectivity index is 2.00. The van der Waals surface area contributed by atoms with Crippen molar-refractivity contribution in [3.05, 3.63) is 65.0 Å². The van der Waals surface area contributed by atoms with Crippen molar-refractivity contribution in [3.63, 3.8) is 0 Å². The standard InChI is InChI=1S/C16H17FN2O/c1-11-2-5-14(17)9-13(11)10-19-15-6-3-12(4-7-15)8-16(18)20/h2-7,9,19H,8,10H2,1H3,(H2,18,20). The Kier molecular flexibility index (Phi) is 4.35. The minimum Gasteiger partial charge on any atom is -0.381 e. The van der Waals surface area contributed by atoms with Gasteiger partial charge in [-0.1, -0.05) is 18.2 Å². The van der Waals surface area contributed by atoms with Crippen LogP contribution in [0, 0.1) is 12.7 Å². The molecule has 0 unspecified atom stereocenters. The number of anilines is 1. The molecule has 3 nitrogen and oxygen atoms in total. The van der Waals surface area contributed by atoms with Crippen LogP contribution in [-0.2, 0) is 17.8 Å². The minimum atomic E-state index is -0.346. The summed E-state index contributed by atoms with van der Waals surface area (Å²) in [5.41, 5.74) is 8.90. The number of hydrogen-bond acceptors (Lipinski definition) is 2. The third-order valence-corrected chi connectivity index (χ3v) is 3.13. The molecule has 2 rings (SSSR count). The second kappa shape index (κ2) is 6.19. The van der Waals surface area contributed by atoms with E-state index >= 15 is 0 Å². The molecule has 0 heterocycles. The second-order valence-corrected chi connectivity index (χ2v) is 4.76. The molecule has 104 valence electrons. The van der Waals surface area contributed by atoms with Crippen LogP contribution in [0.15, 0.2) is 42.5 Å². The Morgan fingerprint density at radius 3 is 2.55 bits per heavy atom. The summed E-state index contributed by atoms with van der Waals surface area (Å²) in [4.78, 5) is 10.8. The molecule has 3 N–H and O–H groups in total. The van der Waals surface area contributed by atoms with E-state index < -0.39 is 0 Å². The van der Waals surface area contributed by atoms with E-state index in [4.69, 9.17) is 5.73 Å². The Labute approximate surface area is 117 Å². The van der Waals surface area contributed by atoms with Crippen molar-refractivity contribution in [1.82, 2.24) is 0 Å². The van der Waals surface area contributed by atoms with Crippen molar-refractivity contribution in [3.8, 4) is 0 Å². The molecule has 0 bridgehead atoms. The normalized spacial score (nSPS) is 10.3. The lowest BCUT2D eigenvalue weighted by Gasteiger charge is -2.10. The molecule has 0 aliphatic heterocycles. The number of hydrogen-bond donors (Lipinski definition) is 2. The Morgan fingerprint density at radius 1 is 1.20 bits per heavy atom.